The Labute approximate surface area is 201 Å². The highest BCUT2D eigenvalue weighted by atomic mass is 16.7. The highest BCUT2D eigenvalue weighted by molar-refractivity contribution is 5.15. The van der Waals surface area contributed by atoms with Crippen LogP contribution in [0.3, 0.4) is 0 Å². The van der Waals surface area contributed by atoms with E-state index in [1.807, 2.05) is 91.0 Å². The van der Waals surface area contributed by atoms with E-state index in [1.165, 1.54) is 0 Å². The molecule has 0 unspecified atom stereocenters. The van der Waals surface area contributed by atoms with Crippen molar-refractivity contribution in [1.82, 2.24) is 0 Å². The maximum absolute atomic E-state index is 10.1. The standard InChI is InChI=1S/C28H32O6/c1-30-28-27(33-20-23-15-9-4-10-16-23)26(32-19-22-13-7-3-8-14-22)25(24(17-29)34-28)31-18-21-11-5-2-6-12-21/h2-16,24-29H,17-20H2,1H3/t24-,25-,26-,27-,28+/m1/s1. The number of ether oxygens (including phenoxy) is 5. The van der Waals surface area contributed by atoms with Gasteiger partial charge in [-0.25, -0.2) is 0 Å². The zero-order chi connectivity index (χ0) is 23.6. The summed E-state index contributed by atoms with van der Waals surface area (Å²) in [5, 5.41) is 10.1. The molecular weight excluding hydrogens is 432 g/mol. The van der Waals surface area contributed by atoms with Crippen molar-refractivity contribution in [3.05, 3.63) is 108 Å². The number of benzene rings is 3. The molecule has 1 aliphatic heterocycles. The lowest BCUT2D eigenvalue weighted by Gasteiger charge is -2.45. The number of hydrogen-bond donors (Lipinski definition) is 1. The van der Waals surface area contributed by atoms with Crippen molar-refractivity contribution in [2.24, 2.45) is 0 Å². The van der Waals surface area contributed by atoms with Crippen LogP contribution < -0.4 is 0 Å². The highest BCUT2D eigenvalue weighted by Crippen LogP contribution is 2.30. The molecule has 180 valence electrons. The fourth-order valence-corrected chi connectivity index (χ4v) is 4.08. The van der Waals surface area contributed by atoms with Crippen LogP contribution in [0.4, 0.5) is 0 Å². The summed E-state index contributed by atoms with van der Waals surface area (Å²) in [5.74, 6) is 0. The van der Waals surface area contributed by atoms with Crippen molar-refractivity contribution >= 4 is 0 Å². The van der Waals surface area contributed by atoms with Gasteiger partial charge in [-0.1, -0.05) is 91.0 Å². The minimum atomic E-state index is -0.710. The largest absolute Gasteiger partial charge is 0.394 e. The van der Waals surface area contributed by atoms with Crippen molar-refractivity contribution < 1.29 is 28.8 Å². The van der Waals surface area contributed by atoms with Gasteiger partial charge < -0.3 is 28.8 Å². The van der Waals surface area contributed by atoms with Crippen molar-refractivity contribution in [2.75, 3.05) is 13.7 Å². The van der Waals surface area contributed by atoms with Crippen molar-refractivity contribution in [3.63, 3.8) is 0 Å². The lowest BCUT2D eigenvalue weighted by Crippen LogP contribution is -2.61. The average molecular weight is 465 g/mol. The summed E-state index contributed by atoms with van der Waals surface area (Å²) in [7, 11) is 1.57. The Hall–Kier alpha value is -2.58. The third kappa shape index (κ3) is 6.51. The minimum Gasteiger partial charge on any atom is -0.394 e. The Balaban J connectivity index is 1.56. The molecule has 1 N–H and O–H groups in total. The monoisotopic (exact) mass is 464 g/mol. The van der Waals surface area contributed by atoms with Gasteiger partial charge in [-0.05, 0) is 16.7 Å². The number of rotatable bonds is 11. The summed E-state index contributed by atoms with van der Waals surface area (Å²) in [6.45, 7) is 0.876. The maximum Gasteiger partial charge on any atom is 0.186 e. The molecule has 1 saturated heterocycles. The molecule has 0 aliphatic carbocycles. The van der Waals surface area contributed by atoms with Crippen molar-refractivity contribution in [2.45, 2.75) is 50.5 Å². The van der Waals surface area contributed by atoms with Crippen LogP contribution in [0.2, 0.25) is 0 Å². The molecule has 0 bridgehead atoms. The zero-order valence-corrected chi connectivity index (χ0v) is 19.4. The third-order valence-electron chi connectivity index (χ3n) is 5.86. The van der Waals surface area contributed by atoms with Gasteiger partial charge >= 0.3 is 0 Å². The first kappa shape index (κ1) is 24.5. The number of aliphatic hydroxyl groups excluding tert-OH is 1. The molecule has 0 amide bonds. The molecule has 0 saturated carbocycles. The van der Waals surface area contributed by atoms with Gasteiger partial charge in [0.2, 0.25) is 0 Å². The summed E-state index contributed by atoms with van der Waals surface area (Å²) in [5.41, 5.74) is 3.09. The van der Waals surface area contributed by atoms with Crippen LogP contribution in [-0.4, -0.2) is 49.5 Å². The smallest absolute Gasteiger partial charge is 0.186 e. The molecule has 0 spiro atoms. The first-order valence-corrected chi connectivity index (χ1v) is 11.5. The van der Waals surface area contributed by atoms with E-state index in [0.29, 0.717) is 19.8 Å². The molecule has 1 aliphatic rings. The first-order chi connectivity index (χ1) is 16.8. The lowest BCUT2D eigenvalue weighted by atomic mass is 9.98. The van der Waals surface area contributed by atoms with Crippen molar-refractivity contribution in [1.29, 1.82) is 0 Å². The van der Waals surface area contributed by atoms with E-state index in [4.69, 9.17) is 23.7 Å². The van der Waals surface area contributed by atoms with E-state index in [2.05, 4.69) is 0 Å². The van der Waals surface area contributed by atoms with Crippen LogP contribution in [0.15, 0.2) is 91.0 Å². The molecule has 0 radical (unpaired) electrons. The second kappa shape index (κ2) is 12.8. The van der Waals surface area contributed by atoms with Gasteiger partial charge in [0.05, 0.1) is 26.4 Å². The molecule has 0 aromatic heterocycles. The molecule has 3 aromatic rings. The summed E-state index contributed by atoms with van der Waals surface area (Å²) in [6, 6.07) is 29.8. The normalized spacial score (nSPS) is 24.7. The predicted molar refractivity (Wildman–Crippen MR) is 128 cm³/mol. The predicted octanol–water partition coefficient (Wildman–Crippen LogP) is 4.11. The number of aliphatic hydroxyl groups is 1. The molecule has 6 heteroatoms. The summed E-state index contributed by atoms with van der Waals surface area (Å²) in [6.07, 6.45) is -2.97. The van der Waals surface area contributed by atoms with Crippen molar-refractivity contribution in [3.8, 4) is 0 Å². The van der Waals surface area contributed by atoms with Gasteiger partial charge in [0.25, 0.3) is 0 Å². The molecule has 5 atom stereocenters. The van der Waals surface area contributed by atoms with Crippen LogP contribution in [0.25, 0.3) is 0 Å². The van der Waals surface area contributed by atoms with Gasteiger partial charge in [0.1, 0.15) is 24.4 Å². The zero-order valence-electron chi connectivity index (χ0n) is 19.4. The second-order valence-corrected chi connectivity index (χ2v) is 8.24. The third-order valence-corrected chi connectivity index (χ3v) is 5.86. The SMILES string of the molecule is CO[C@H]1O[C@H](CO)[C@@H](OCc2ccccc2)[C@@H](OCc2ccccc2)[C@H]1OCc1ccccc1. The van der Waals surface area contributed by atoms with Crippen LogP contribution in [-0.2, 0) is 43.5 Å². The van der Waals surface area contributed by atoms with Crippen LogP contribution in [0.5, 0.6) is 0 Å². The molecule has 4 rings (SSSR count). The van der Waals surface area contributed by atoms with E-state index >= 15 is 0 Å². The summed E-state index contributed by atoms with van der Waals surface area (Å²) < 4.78 is 30.7. The average Bonchev–Trinajstić information content (AvgIpc) is 2.91. The fourth-order valence-electron chi connectivity index (χ4n) is 4.08. The Morgan fingerprint density at radius 1 is 0.618 bits per heavy atom. The summed E-state index contributed by atoms with van der Waals surface area (Å²) in [4.78, 5) is 0. The Bertz CT molecular complexity index is 895. The molecular formula is C28H32O6. The van der Waals surface area contributed by atoms with Gasteiger partial charge in [0, 0.05) is 7.11 Å². The van der Waals surface area contributed by atoms with Crippen LogP contribution in [0, 0.1) is 0 Å². The van der Waals surface area contributed by atoms with Crippen LogP contribution >= 0.6 is 0 Å². The Morgan fingerprint density at radius 3 is 1.44 bits per heavy atom. The lowest BCUT2D eigenvalue weighted by molar-refractivity contribution is -0.321. The van der Waals surface area contributed by atoms with Gasteiger partial charge in [-0.2, -0.15) is 0 Å². The minimum absolute atomic E-state index is 0.226. The van der Waals surface area contributed by atoms with E-state index < -0.39 is 30.7 Å². The molecule has 1 heterocycles. The van der Waals surface area contributed by atoms with Crippen LogP contribution in [0.1, 0.15) is 16.7 Å². The first-order valence-electron chi connectivity index (χ1n) is 11.5. The van der Waals surface area contributed by atoms with Gasteiger partial charge in [0.15, 0.2) is 6.29 Å². The van der Waals surface area contributed by atoms with Gasteiger partial charge in [-0.3, -0.25) is 0 Å². The Kier molecular flexibility index (Phi) is 9.21. The molecule has 34 heavy (non-hydrogen) atoms. The van der Waals surface area contributed by atoms with E-state index in [1.54, 1.807) is 7.11 Å². The fraction of sp³-hybridized carbons (Fsp3) is 0.357. The molecule has 6 nitrogen and oxygen atoms in total. The van der Waals surface area contributed by atoms with Gasteiger partial charge in [-0.15, -0.1) is 0 Å². The highest BCUT2D eigenvalue weighted by Gasteiger charge is 2.48. The van der Waals surface area contributed by atoms with E-state index in [-0.39, 0.29) is 6.61 Å². The number of hydrogen-bond acceptors (Lipinski definition) is 6. The summed E-state index contributed by atoms with van der Waals surface area (Å²) >= 11 is 0. The maximum atomic E-state index is 10.1. The second-order valence-electron chi connectivity index (χ2n) is 8.24. The molecule has 3 aromatic carbocycles. The quantitative estimate of drug-likeness (QED) is 0.461. The van der Waals surface area contributed by atoms with E-state index in [0.717, 1.165) is 16.7 Å². The number of methoxy groups -OCH3 is 1. The van der Waals surface area contributed by atoms with E-state index in [9.17, 15) is 5.11 Å². The topological polar surface area (TPSA) is 66.4 Å². The Morgan fingerprint density at radius 2 is 1.03 bits per heavy atom. The molecule has 1 fully saturated rings.